The zero-order valence-electron chi connectivity index (χ0n) is 9.11. The third-order valence-corrected chi connectivity index (χ3v) is 4.06. The van der Waals surface area contributed by atoms with Crippen LogP contribution in [0.5, 0.6) is 0 Å². The van der Waals surface area contributed by atoms with Crippen molar-refractivity contribution in [3.05, 3.63) is 35.2 Å². The van der Waals surface area contributed by atoms with E-state index < -0.39 is 0 Å². The third-order valence-electron chi connectivity index (χ3n) is 3.05. The van der Waals surface area contributed by atoms with Crippen LogP contribution >= 0.6 is 11.3 Å². The Kier molecular flexibility index (Phi) is 2.91. The fourth-order valence-electron chi connectivity index (χ4n) is 2.12. The van der Waals surface area contributed by atoms with Crippen LogP contribution in [-0.4, -0.2) is 19.2 Å². The smallest absolute Gasteiger partial charge is 0.0735 e. The highest BCUT2D eigenvalue weighted by atomic mass is 32.1. The fourth-order valence-corrected chi connectivity index (χ4v) is 3.07. The molecular weight excluding hydrogens is 218 g/mol. The van der Waals surface area contributed by atoms with Crippen molar-refractivity contribution in [2.45, 2.75) is 19.1 Å². The predicted molar refractivity (Wildman–Crippen MR) is 67.9 cm³/mol. The van der Waals surface area contributed by atoms with Gasteiger partial charge in [0, 0.05) is 11.2 Å². The number of hydrogen-bond donors (Lipinski definition) is 1. The maximum Gasteiger partial charge on any atom is 0.0735 e. The molecule has 1 atom stereocenters. The van der Waals surface area contributed by atoms with Crippen LogP contribution in [0.4, 0.5) is 0 Å². The first-order valence-corrected chi connectivity index (χ1v) is 6.59. The number of benzene rings is 1. The predicted octanol–water partition coefficient (Wildman–Crippen LogP) is 2.78. The van der Waals surface area contributed by atoms with Crippen molar-refractivity contribution < 1.29 is 4.74 Å². The molecule has 2 nitrogen and oxygen atoms in total. The Morgan fingerprint density at radius 2 is 2.31 bits per heavy atom. The zero-order valence-corrected chi connectivity index (χ0v) is 9.93. The Morgan fingerprint density at radius 1 is 1.38 bits per heavy atom. The molecule has 0 bridgehead atoms. The maximum absolute atomic E-state index is 5.90. The minimum atomic E-state index is 0.402. The van der Waals surface area contributed by atoms with Gasteiger partial charge in [-0.2, -0.15) is 0 Å². The van der Waals surface area contributed by atoms with Gasteiger partial charge < -0.3 is 10.1 Å². The molecule has 84 valence electrons. The van der Waals surface area contributed by atoms with E-state index in [-0.39, 0.29) is 0 Å². The van der Waals surface area contributed by atoms with Crippen LogP contribution in [0.1, 0.15) is 12.0 Å². The van der Waals surface area contributed by atoms with Gasteiger partial charge in [-0.3, -0.25) is 0 Å². The van der Waals surface area contributed by atoms with E-state index in [4.69, 9.17) is 4.74 Å². The van der Waals surface area contributed by atoms with Crippen molar-refractivity contribution in [2.24, 2.45) is 0 Å². The second-order valence-electron chi connectivity index (χ2n) is 4.18. The van der Waals surface area contributed by atoms with Gasteiger partial charge in [0.25, 0.3) is 0 Å². The summed E-state index contributed by atoms with van der Waals surface area (Å²) >= 11 is 1.80. The van der Waals surface area contributed by atoms with Gasteiger partial charge in [-0.15, -0.1) is 11.3 Å². The first kappa shape index (κ1) is 10.3. The van der Waals surface area contributed by atoms with Gasteiger partial charge in [0.1, 0.15) is 0 Å². The van der Waals surface area contributed by atoms with Crippen molar-refractivity contribution in [3.8, 4) is 0 Å². The highest BCUT2D eigenvalue weighted by Crippen LogP contribution is 2.26. The van der Waals surface area contributed by atoms with E-state index in [1.165, 1.54) is 15.6 Å². The number of nitrogens with one attached hydrogen (secondary N) is 1. The fraction of sp³-hybridized carbons (Fsp3) is 0.385. The Bertz CT molecular complexity index is 473. The molecule has 1 aromatic heterocycles. The topological polar surface area (TPSA) is 21.3 Å². The van der Waals surface area contributed by atoms with E-state index in [0.717, 1.165) is 26.1 Å². The molecule has 1 fully saturated rings. The monoisotopic (exact) mass is 233 g/mol. The van der Waals surface area contributed by atoms with Crippen LogP contribution in [0.15, 0.2) is 29.6 Å². The second-order valence-corrected chi connectivity index (χ2v) is 5.09. The summed E-state index contributed by atoms with van der Waals surface area (Å²) in [6.07, 6.45) is 1.54. The number of hydrogen-bond acceptors (Lipinski definition) is 3. The van der Waals surface area contributed by atoms with Crippen LogP contribution in [0.25, 0.3) is 10.1 Å². The van der Waals surface area contributed by atoms with Crippen LogP contribution in [0.3, 0.4) is 0 Å². The minimum Gasteiger partial charge on any atom is -0.372 e. The SMILES string of the molecule is c1ccc2c(COC3CCNC3)csc2c1. The number of fused-ring (bicyclic) bond motifs is 1. The molecule has 1 unspecified atom stereocenters. The normalized spacial score (nSPS) is 20.6. The average Bonchev–Trinajstić information content (AvgIpc) is 2.96. The molecule has 0 radical (unpaired) electrons. The molecule has 0 aliphatic carbocycles. The number of thiophene rings is 1. The van der Waals surface area contributed by atoms with E-state index in [2.05, 4.69) is 35.0 Å². The summed E-state index contributed by atoms with van der Waals surface area (Å²) in [4.78, 5) is 0. The lowest BCUT2D eigenvalue weighted by atomic mass is 10.2. The molecule has 1 saturated heterocycles. The quantitative estimate of drug-likeness (QED) is 0.880. The van der Waals surface area contributed by atoms with Gasteiger partial charge in [-0.1, -0.05) is 18.2 Å². The summed E-state index contributed by atoms with van der Waals surface area (Å²) in [5.41, 5.74) is 1.33. The van der Waals surface area contributed by atoms with Gasteiger partial charge in [-0.25, -0.2) is 0 Å². The van der Waals surface area contributed by atoms with Crippen molar-refractivity contribution in [1.82, 2.24) is 5.32 Å². The molecule has 0 spiro atoms. The summed E-state index contributed by atoms with van der Waals surface area (Å²) in [6.45, 7) is 2.84. The third kappa shape index (κ3) is 1.98. The lowest BCUT2D eigenvalue weighted by Gasteiger charge is -2.09. The Hall–Kier alpha value is -0.900. The van der Waals surface area contributed by atoms with Gasteiger partial charge >= 0.3 is 0 Å². The molecule has 1 aliphatic heterocycles. The van der Waals surface area contributed by atoms with Crippen LogP contribution in [0, 0.1) is 0 Å². The molecular formula is C13H15NOS. The average molecular weight is 233 g/mol. The Morgan fingerprint density at radius 3 is 3.19 bits per heavy atom. The molecule has 1 N–H and O–H groups in total. The lowest BCUT2D eigenvalue weighted by Crippen LogP contribution is -2.16. The van der Waals surface area contributed by atoms with Gasteiger partial charge in [-0.05, 0) is 35.4 Å². The van der Waals surface area contributed by atoms with Gasteiger partial charge in [0.2, 0.25) is 0 Å². The van der Waals surface area contributed by atoms with Crippen molar-refractivity contribution in [3.63, 3.8) is 0 Å². The Balaban J connectivity index is 1.73. The first-order chi connectivity index (χ1) is 7.93. The highest BCUT2D eigenvalue weighted by Gasteiger charge is 2.15. The van der Waals surface area contributed by atoms with Crippen molar-refractivity contribution in [2.75, 3.05) is 13.1 Å². The summed E-state index contributed by atoms with van der Waals surface area (Å²) in [5.74, 6) is 0. The number of ether oxygens (including phenoxy) is 1. The largest absolute Gasteiger partial charge is 0.372 e. The van der Waals surface area contributed by atoms with E-state index in [1.54, 1.807) is 11.3 Å². The molecule has 3 rings (SSSR count). The van der Waals surface area contributed by atoms with E-state index in [9.17, 15) is 0 Å². The van der Waals surface area contributed by atoms with E-state index >= 15 is 0 Å². The summed E-state index contributed by atoms with van der Waals surface area (Å²) < 4.78 is 7.25. The molecule has 1 aliphatic rings. The Labute approximate surface area is 99.2 Å². The number of rotatable bonds is 3. The molecule has 3 heteroatoms. The highest BCUT2D eigenvalue weighted by molar-refractivity contribution is 7.17. The van der Waals surface area contributed by atoms with Crippen LogP contribution < -0.4 is 5.32 Å². The summed E-state index contributed by atoms with van der Waals surface area (Å²) in [5, 5.41) is 6.88. The molecule has 16 heavy (non-hydrogen) atoms. The molecule has 0 saturated carbocycles. The summed E-state index contributed by atoms with van der Waals surface area (Å²) in [6, 6.07) is 8.53. The van der Waals surface area contributed by atoms with Crippen molar-refractivity contribution in [1.29, 1.82) is 0 Å². The standard InChI is InChI=1S/C13H15NOS/c1-2-4-13-12(3-1)10(9-16-13)8-15-11-5-6-14-7-11/h1-4,9,11,14H,5-8H2. The van der Waals surface area contributed by atoms with Crippen LogP contribution in [-0.2, 0) is 11.3 Å². The van der Waals surface area contributed by atoms with Crippen molar-refractivity contribution >= 4 is 21.4 Å². The van der Waals surface area contributed by atoms with E-state index in [1.807, 2.05) is 0 Å². The maximum atomic E-state index is 5.90. The molecule has 2 aromatic rings. The molecule has 2 heterocycles. The molecule has 1 aromatic carbocycles. The molecule has 0 amide bonds. The van der Waals surface area contributed by atoms with E-state index in [0.29, 0.717) is 6.10 Å². The minimum absolute atomic E-state index is 0.402. The first-order valence-electron chi connectivity index (χ1n) is 5.71. The van der Waals surface area contributed by atoms with Gasteiger partial charge in [0.05, 0.1) is 12.7 Å². The lowest BCUT2D eigenvalue weighted by molar-refractivity contribution is 0.0550. The second kappa shape index (κ2) is 4.53. The van der Waals surface area contributed by atoms with Gasteiger partial charge in [0.15, 0.2) is 0 Å². The summed E-state index contributed by atoms with van der Waals surface area (Å²) in [7, 11) is 0. The zero-order chi connectivity index (χ0) is 10.8. The van der Waals surface area contributed by atoms with Crippen LogP contribution in [0.2, 0.25) is 0 Å².